The first kappa shape index (κ1) is 15.7. The van der Waals surface area contributed by atoms with E-state index in [2.05, 4.69) is 21.0 Å². The number of pyridine rings is 1. The summed E-state index contributed by atoms with van der Waals surface area (Å²) in [5, 5.41) is 9.90. The molecule has 0 radical (unpaired) electrons. The van der Waals surface area contributed by atoms with Crippen molar-refractivity contribution in [2.45, 2.75) is 24.0 Å². The van der Waals surface area contributed by atoms with Crippen LogP contribution in [0.1, 0.15) is 12.8 Å². The molecule has 0 aromatic carbocycles. The third-order valence-electron chi connectivity index (χ3n) is 4.43. The van der Waals surface area contributed by atoms with Crippen molar-refractivity contribution in [3.8, 4) is 11.9 Å². The first-order valence-electron chi connectivity index (χ1n) is 7.52. The number of thioether (sulfide) groups is 1. The van der Waals surface area contributed by atoms with Gasteiger partial charge < -0.3 is 9.64 Å². The van der Waals surface area contributed by atoms with Gasteiger partial charge in [-0.2, -0.15) is 10.2 Å². The van der Waals surface area contributed by atoms with Crippen molar-refractivity contribution in [2.24, 2.45) is 5.92 Å². The van der Waals surface area contributed by atoms with Gasteiger partial charge in [-0.3, -0.25) is 0 Å². The van der Waals surface area contributed by atoms with E-state index in [1.165, 1.54) is 11.8 Å². The van der Waals surface area contributed by atoms with Crippen LogP contribution in [0.4, 0.5) is 10.2 Å². The van der Waals surface area contributed by atoms with Crippen LogP contribution in [0.3, 0.4) is 0 Å². The molecule has 0 unspecified atom stereocenters. The van der Waals surface area contributed by atoms with Crippen molar-refractivity contribution < 1.29 is 9.13 Å². The molecule has 0 spiro atoms. The molecular weight excluding hydrogens is 353 g/mol. The van der Waals surface area contributed by atoms with Gasteiger partial charge in [0.05, 0.1) is 18.0 Å². The van der Waals surface area contributed by atoms with E-state index in [1.54, 1.807) is 0 Å². The van der Waals surface area contributed by atoms with Crippen LogP contribution in [-0.2, 0) is 0 Å². The van der Waals surface area contributed by atoms with E-state index in [9.17, 15) is 9.65 Å². The molecule has 0 aliphatic carbocycles. The first-order chi connectivity index (χ1) is 11.6. The molecule has 0 N–H and O–H groups in total. The van der Waals surface area contributed by atoms with Gasteiger partial charge in [0.1, 0.15) is 23.3 Å². The van der Waals surface area contributed by atoms with Crippen LogP contribution in [-0.4, -0.2) is 40.4 Å². The quantitative estimate of drug-likeness (QED) is 0.436. The lowest BCUT2D eigenvalue weighted by atomic mass is 9.94. The van der Waals surface area contributed by atoms with E-state index in [4.69, 9.17) is 16.3 Å². The summed E-state index contributed by atoms with van der Waals surface area (Å²) in [5.41, 5.74) is 0.110. The molecule has 0 saturated carbocycles. The number of hydrogen-bond donors (Lipinski definition) is 0. The molecule has 1 saturated heterocycles. The van der Waals surface area contributed by atoms with Crippen LogP contribution in [0.15, 0.2) is 5.16 Å². The van der Waals surface area contributed by atoms with Crippen LogP contribution in [0.25, 0.3) is 10.9 Å². The molecule has 2 aliphatic heterocycles. The minimum Gasteiger partial charge on any atom is -0.475 e. The van der Waals surface area contributed by atoms with E-state index < -0.39 is 5.82 Å². The Morgan fingerprint density at radius 1 is 1.38 bits per heavy atom. The van der Waals surface area contributed by atoms with Gasteiger partial charge in [-0.1, -0.05) is 23.4 Å². The zero-order chi connectivity index (χ0) is 16.8. The SMILES string of the molecule is CSc1nc2c3c(nc(Cl)c(F)c3n1)OC[C@@H]1CC[C@H](C#N)CN21. The number of aromatic nitrogens is 3. The smallest absolute Gasteiger partial charge is 0.228 e. The van der Waals surface area contributed by atoms with Crippen LogP contribution in [0.2, 0.25) is 5.15 Å². The second-order valence-corrected chi connectivity index (χ2v) is 6.93. The Hall–Kier alpha value is -1.85. The largest absolute Gasteiger partial charge is 0.475 e. The number of piperidine rings is 1. The van der Waals surface area contributed by atoms with Gasteiger partial charge in [0.25, 0.3) is 0 Å². The minimum atomic E-state index is -0.676. The molecule has 124 valence electrons. The normalized spacial score (nSPS) is 22.5. The third kappa shape index (κ3) is 2.34. The molecule has 9 heteroatoms. The highest BCUT2D eigenvalue weighted by molar-refractivity contribution is 7.98. The van der Waals surface area contributed by atoms with Crippen molar-refractivity contribution >= 4 is 40.1 Å². The van der Waals surface area contributed by atoms with Crippen LogP contribution in [0.5, 0.6) is 5.88 Å². The summed E-state index contributed by atoms with van der Waals surface area (Å²) < 4.78 is 20.3. The maximum atomic E-state index is 14.5. The lowest BCUT2D eigenvalue weighted by molar-refractivity contribution is 0.251. The number of ether oxygens (including phenoxy) is 1. The highest BCUT2D eigenvalue weighted by Crippen LogP contribution is 2.41. The number of nitrogens with zero attached hydrogens (tertiary/aromatic N) is 5. The van der Waals surface area contributed by atoms with Crippen LogP contribution >= 0.6 is 23.4 Å². The molecule has 2 aromatic heterocycles. The van der Waals surface area contributed by atoms with Gasteiger partial charge in [-0.15, -0.1) is 0 Å². The lowest BCUT2D eigenvalue weighted by Gasteiger charge is -2.37. The van der Waals surface area contributed by atoms with E-state index in [1.807, 2.05) is 11.2 Å². The van der Waals surface area contributed by atoms with Crippen molar-refractivity contribution in [2.75, 3.05) is 24.3 Å². The lowest BCUT2D eigenvalue weighted by Crippen LogP contribution is -2.46. The number of fused-ring (bicyclic) bond motifs is 2. The van der Waals surface area contributed by atoms with Gasteiger partial charge in [0, 0.05) is 6.54 Å². The molecule has 6 nitrogen and oxygen atoms in total. The fourth-order valence-corrected chi connectivity index (χ4v) is 3.75. The Bertz CT molecular complexity index is 873. The standard InChI is InChI=1S/C15H13ClFN5OS/c1-24-15-19-11-9-13(21-15)22-5-7(4-18)2-3-8(22)6-23-14(9)20-12(16)10(11)17/h7-8H,2-3,5-6H2,1H3/t7-,8+/m1/s1. The summed E-state index contributed by atoms with van der Waals surface area (Å²) >= 11 is 7.23. The fraction of sp³-hybridized carbons (Fsp3) is 0.467. The second-order valence-electron chi connectivity index (χ2n) is 5.80. The Morgan fingerprint density at radius 2 is 2.21 bits per heavy atom. The van der Waals surface area contributed by atoms with Crippen molar-refractivity contribution in [3.63, 3.8) is 0 Å². The summed E-state index contributed by atoms with van der Waals surface area (Å²) in [5.74, 6) is 0.0627. The Balaban J connectivity index is 2.00. The Labute approximate surface area is 147 Å². The molecule has 2 aliphatic rings. The van der Waals surface area contributed by atoms with E-state index in [0.717, 1.165) is 12.8 Å². The summed E-state index contributed by atoms with van der Waals surface area (Å²) in [4.78, 5) is 14.9. The van der Waals surface area contributed by atoms with Gasteiger partial charge in [0.15, 0.2) is 16.1 Å². The maximum absolute atomic E-state index is 14.5. The van der Waals surface area contributed by atoms with Gasteiger partial charge in [-0.05, 0) is 19.1 Å². The predicted molar refractivity (Wildman–Crippen MR) is 89.0 cm³/mol. The first-order valence-corrected chi connectivity index (χ1v) is 9.12. The molecule has 0 amide bonds. The molecule has 24 heavy (non-hydrogen) atoms. The highest BCUT2D eigenvalue weighted by Gasteiger charge is 2.35. The Kier molecular flexibility index (Phi) is 3.85. The monoisotopic (exact) mass is 365 g/mol. The number of nitriles is 1. The molecule has 1 fully saturated rings. The summed E-state index contributed by atoms with van der Waals surface area (Å²) in [6, 6.07) is 2.39. The van der Waals surface area contributed by atoms with Crippen molar-refractivity contribution in [3.05, 3.63) is 11.0 Å². The zero-order valence-corrected chi connectivity index (χ0v) is 14.4. The Morgan fingerprint density at radius 3 is 2.96 bits per heavy atom. The number of rotatable bonds is 1. The average Bonchev–Trinajstić information content (AvgIpc) is 2.76. The van der Waals surface area contributed by atoms with E-state index >= 15 is 0 Å². The van der Waals surface area contributed by atoms with E-state index in [-0.39, 0.29) is 28.5 Å². The van der Waals surface area contributed by atoms with E-state index in [0.29, 0.717) is 29.5 Å². The molecule has 0 bridgehead atoms. The van der Waals surface area contributed by atoms with Crippen LogP contribution in [0, 0.1) is 23.1 Å². The number of anilines is 1. The van der Waals surface area contributed by atoms with Crippen molar-refractivity contribution in [1.82, 2.24) is 15.0 Å². The zero-order valence-electron chi connectivity index (χ0n) is 12.8. The fourth-order valence-electron chi connectivity index (χ4n) is 3.22. The average molecular weight is 366 g/mol. The molecule has 4 heterocycles. The van der Waals surface area contributed by atoms with Crippen molar-refractivity contribution in [1.29, 1.82) is 5.26 Å². The highest BCUT2D eigenvalue weighted by atomic mass is 35.5. The molecular formula is C15H13ClFN5OS. The molecule has 2 aromatic rings. The number of halogens is 2. The second kappa shape index (κ2) is 5.90. The predicted octanol–water partition coefficient (Wildman–Crippen LogP) is 3.04. The van der Waals surface area contributed by atoms with Gasteiger partial charge in [-0.25, -0.2) is 14.4 Å². The number of hydrogen-bond acceptors (Lipinski definition) is 7. The van der Waals surface area contributed by atoms with Gasteiger partial charge in [0.2, 0.25) is 5.88 Å². The topological polar surface area (TPSA) is 74.9 Å². The third-order valence-corrected chi connectivity index (χ3v) is 5.23. The van der Waals surface area contributed by atoms with Gasteiger partial charge >= 0.3 is 0 Å². The van der Waals surface area contributed by atoms with Crippen LogP contribution < -0.4 is 9.64 Å². The summed E-state index contributed by atoms with van der Waals surface area (Å²) in [7, 11) is 0. The summed E-state index contributed by atoms with van der Waals surface area (Å²) in [6.45, 7) is 0.932. The molecule has 2 atom stereocenters. The maximum Gasteiger partial charge on any atom is 0.228 e. The molecule has 4 rings (SSSR count). The summed E-state index contributed by atoms with van der Waals surface area (Å²) in [6.07, 6.45) is 3.44. The minimum absolute atomic E-state index is 0.0680.